The SMILES string of the molecule is CC(=O)N[C@]1(C(=O)NC(C)(C)C)C[C@H](CCB2OC(C)(C)C(C)(C)O2)CC[C@H]1CNC(C)(C)C. The van der Waals surface area contributed by atoms with E-state index in [1.807, 2.05) is 20.8 Å². The molecule has 2 rings (SSSR count). The van der Waals surface area contributed by atoms with Gasteiger partial charge in [0.1, 0.15) is 5.54 Å². The molecular formula is C26H50BN3O4. The van der Waals surface area contributed by atoms with E-state index in [9.17, 15) is 9.59 Å². The molecule has 1 heterocycles. The van der Waals surface area contributed by atoms with Crippen LogP contribution in [0.25, 0.3) is 0 Å². The number of hydrogen-bond acceptors (Lipinski definition) is 5. The topological polar surface area (TPSA) is 88.7 Å². The fourth-order valence-corrected chi connectivity index (χ4v) is 5.07. The molecule has 0 aromatic heterocycles. The Morgan fingerprint density at radius 3 is 1.97 bits per heavy atom. The van der Waals surface area contributed by atoms with Gasteiger partial charge in [-0.15, -0.1) is 0 Å². The average Bonchev–Trinajstić information content (AvgIpc) is 2.83. The summed E-state index contributed by atoms with van der Waals surface area (Å²) < 4.78 is 12.4. The summed E-state index contributed by atoms with van der Waals surface area (Å²) in [7, 11) is -0.246. The van der Waals surface area contributed by atoms with Gasteiger partial charge < -0.3 is 25.3 Å². The molecule has 2 fully saturated rings. The Bertz CT molecular complexity index is 725. The molecule has 1 aliphatic carbocycles. The van der Waals surface area contributed by atoms with Crippen molar-refractivity contribution in [3.63, 3.8) is 0 Å². The Balaban J connectivity index is 2.23. The summed E-state index contributed by atoms with van der Waals surface area (Å²) in [5.41, 5.74) is -2.10. The molecule has 0 aromatic carbocycles. The molecule has 0 unspecified atom stereocenters. The highest BCUT2D eigenvalue weighted by Gasteiger charge is 2.53. The van der Waals surface area contributed by atoms with Gasteiger partial charge in [-0.3, -0.25) is 9.59 Å². The minimum absolute atomic E-state index is 0.00562. The van der Waals surface area contributed by atoms with Crippen LogP contribution in [-0.2, 0) is 18.9 Å². The molecular weight excluding hydrogens is 429 g/mol. The highest BCUT2D eigenvalue weighted by molar-refractivity contribution is 6.45. The van der Waals surface area contributed by atoms with Crippen molar-refractivity contribution in [1.29, 1.82) is 0 Å². The largest absolute Gasteiger partial charge is 0.457 e. The molecule has 0 spiro atoms. The lowest BCUT2D eigenvalue weighted by Crippen LogP contribution is -2.68. The van der Waals surface area contributed by atoms with Gasteiger partial charge in [-0.25, -0.2) is 0 Å². The van der Waals surface area contributed by atoms with E-state index in [0.29, 0.717) is 18.9 Å². The zero-order chi connectivity index (χ0) is 26.2. The fourth-order valence-electron chi connectivity index (χ4n) is 5.07. The molecule has 34 heavy (non-hydrogen) atoms. The second kappa shape index (κ2) is 10.1. The van der Waals surface area contributed by atoms with Gasteiger partial charge in [0.15, 0.2) is 0 Å². The third kappa shape index (κ3) is 7.44. The van der Waals surface area contributed by atoms with E-state index in [1.54, 1.807) is 0 Å². The quantitative estimate of drug-likeness (QED) is 0.480. The van der Waals surface area contributed by atoms with Gasteiger partial charge in [0.25, 0.3) is 0 Å². The lowest BCUT2D eigenvalue weighted by atomic mass is 9.64. The predicted octanol–water partition coefficient (Wildman–Crippen LogP) is 4.06. The lowest BCUT2D eigenvalue weighted by molar-refractivity contribution is -0.139. The summed E-state index contributed by atoms with van der Waals surface area (Å²) in [5.74, 6) is 0.0428. The first-order valence-corrected chi connectivity index (χ1v) is 13.0. The van der Waals surface area contributed by atoms with E-state index in [2.05, 4.69) is 64.4 Å². The van der Waals surface area contributed by atoms with Crippen LogP contribution in [0.2, 0.25) is 6.32 Å². The first-order chi connectivity index (χ1) is 15.3. The second-order valence-corrected chi connectivity index (χ2v) is 13.6. The predicted molar refractivity (Wildman–Crippen MR) is 139 cm³/mol. The van der Waals surface area contributed by atoms with Crippen molar-refractivity contribution in [3.8, 4) is 0 Å². The number of amides is 2. The average molecular weight is 480 g/mol. The van der Waals surface area contributed by atoms with E-state index >= 15 is 0 Å². The van der Waals surface area contributed by atoms with Crippen molar-refractivity contribution in [1.82, 2.24) is 16.0 Å². The van der Waals surface area contributed by atoms with Gasteiger partial charge in [0, 0.05) is 30.5 Å². The highest BCUT2D eigenvalue weighted by atomic mass is 16.7. The van der Waals surface area contributed by atoms with E-state index < -0.39 is 5.54 Å². The van der Waals surface area contributed by atoms with Crippen molar-refractivity contribution >= 4 is 18.9 Å². The van der Waals surface area contributed by atoms with Crippen LogP contribution >= 0.6 is 0 Å². The van der Waals surface area contributed by atoms with Crippen molar-refractivity contribution in [2.24, 2.45) is 11.8 Å². The molecule has 0 bridgehead atoms. The maximum atomic E-state index is 13.8. The fraction of sp³-hybridized carbons (Fsp3) is 0.923. The van der Waals surface area contributed by atoms with Gasteiger partial charge >= 0.3 is 7.12 Å². The third-order valence-electron chi connectivity index (χ3n) is 7.52. The number of carbonyl (C=O) groups is 2. The van der Waals surface area contributed by atoms with Crippen LogP contribution in [0.4, 0.5) is 0 Å². The van der Waals surface area contributed by atoms with Crippen LogP contribution in [0.1, 0.15) is 102 Å². The van der Waals surface area contributed by atoms with Gasteiger partial charge in [-0.2, -0.15) is 0 Å². The molecule has 3 N–H and O–H groups in total. The molecule has 2 amide bonds. The zero-order valence-corrected chi connectivity index (χ0v) is 23.6. The van der Waals surface area contributed by atoms with Crippen molar-refractivity contribution in [3.05, 3.63) is 0 Å². The van der Waals surface area contributed by atoms with Crippen molar-refractivity contribution < 1.29 is 18.9 Å². The van der Waals surface area contributed by atoms with Gasteiger partial charge in [0.05, 0.1) is 11.2 Å². The summed E-state index contributed by atoms with van der Waals surface area (Å²) in [6.45, 7) is 22.8. The van der Waals surface area contributed by atoms with E-state index in [0.717, 1.165) is 25.6 Å². The number of carbonyl (C=O) groups excluding carboxylic acids is 2. The summed E-state index contributed by atoms with van der Waals surface area (Å²) in [6, 6.07) is 0. The second-order valence-electron chi connectivity index (χ2n) is 13.6. The van der Waals surface area contributed by atoms with Gasteiger partial charge in [-0.05, 0) is 101 Å². The molecule has 196 valence electrons. The number of hydrogen-bond donors (Lipinski definition) is 3. The highest BCUT2D eigenvalue weighted by Crippen LogP contribution is 2.42. The summed E-state index contributed by atoms with van der Waals surface area (Å²) >= 11 is 0. The molecule has 7 nitrogen and oxygen atoms in total. The van der Waals surface area contributed by atoms with Crippen LogP contribution in [0.15, 0.2) is 0 Å². The number of nitrogens with one attached hydrogen (secondary N) is 3. The Kier molecular flexibility index (Phi) is 8.65. The summed E-state index contributed by atoms with van der Waals surface area (Å²) in [5, 5.41) is 9.88. The van der Waals surface area contributed by atoms with E-state index in [-0.39, 0.29) is 47.1 Å². The molecule has 3 atom stereocenters. The lowest BCUT2D eigenvalue weighted by Gasteiger charge is -2.48. The normalized spacial score (nSPS) is 29.1. The van der Waals surface area contributed by atoms with Crippen LogP contribution in [-0.4, -0.2) is 53.3 Å². The maximum Gasteiger partial charge on any atom is 0.457 e. The van der Waals surface area contributed by atoms with Crippen LogP contribution < -0.4 is 16.0 Å². The van der Waals surface area contributed by atoms with E-state index in [1.165, 1.54) is 6.92 Å². The smallest absolute Gasteiger partial charge is 0.403 e. The molecule has 8 heteroatoms. The van der Waals surface area contributed by atoms with Gasteiger partial charge in [-0.1, -0.05) is 6.42 Å². The molecule has 1 aliphatic heterocycles. The first-order valence-electron chi connectivity index (χ1n) is 13.0. The standard InChI is InChI=1S/C26H50BN3O4/c1-18(31)29-26(21(32)30-23(5,6)7)16-19(12-13-20(26)17-28-22(2,3)4)14-15-27-33-24(8,9)25(10,11)34-27/h19-20,28H,12-17H2,1-11H3,(H,29,31)(H,30,32)/t19-,20-,26+/m0/s1. The molecule has 0 radical (unpaired) electrons. The van der Waals surface area contributed by atoms with Crippen molar-refractivity contribution in [2.75, 3.05) is 6.54 Å². The maximum absolute atomic E-state index is 13.8. The van der Waals surface area contributed by atoms with Gasteiger partial charge in [0.2, 0.25) is 11.8 Å². The minimum Gasteiger partial charge on any atom is -0.403 e. The molecule has 1 saturated carbocycles. The van der Waals surface area contributed by atoms with E-state index in [4.69, 9.17) is 9.31 Å². The van der Waals surface area contributed by atoms with Crippen LogP contribution in [0, 0.1) is 11.8 Å². The van der Waals surface area contributed by atoms with Crippen molar-refractivity contribution in [2.45, 2.75) is 136 Å². The molecule has 2 aliphatic rings. The summed E-state index contributed by atoms with van der Waals surface area (Å²) in [6.07, 6.45) is 4.17. The Morgan fingerprint density at radius 1 is 0.941 bits per heavy atom. The number of rotatable bonds is 7. The molecule has 0 aromatic rings. The zero-order valence-electron chi connectivity index (χ0n) is 23.6. The monoisotopic (exact) mass is 479 g/mol. The molecule has 1 saturated heterocycles. The van der Waals surface area contributed by atoms with Crippen LogP contribution in [0.5, 0.6) is 0 Å². The third-order valence-corrected chi connectivity index (χ3v) is 7.52. The Morgan fingerprint density at radius 2 is 1.50 bits per heavy atom. The first kappa shape index (κ1) is 29.1. The minimum atomic E-state index is -0.948. The Hall–Kier alpha value is -1.12. The van der Waals surface area contributed by atoms with Crippen LogP contribution in [0.3, 0.4) is 0 Å². The Labute approximate surface area is 208 Å². The summed E-state index contributed by atoms with van der Waals surface area (Å²) in [4.78, 5) is 26.2.